The van der Waals surface area contributed by atoms with Crippen LogP contribution in [0.4, 0.5) is 0 Å². The Bertz CT molecular complexity index is 2270. The number of allylic oxidation sites excluding steroid dienone is 4. The summed E-state index contributed by atoms with van der Waals surface area (Å²) in [6.45, 7) is 2.40. The second kappa shape index (κ2) is 12.0. The summed E-state index contributed by atoms with van der Waals surface area (Å²) < 4.78 is 0. The number of fused-ring (bicyclic) bond motifs is 3. The van der Waals surface area contributed by atoms with Crippen LogP contribution < -0.4 is 0 Å². The number of hydrogen-bond donors (Lipinski definition) is 0. The summed E-state index contributed by atoms with van der Waals surface area (Å²) in [4.78, 5) is 15.3. The van der Waals surface area contributed by atoms with E-state index < -0.39 is 5.41 Å². The molecule has 0 saturated heterocycles. The molecule has 9 rings (SSSR count). The normalized spacial score (nSPS) is 18.6. The zero-order valence-electron chi connectivity index (χ0n) is 27.8. The van der Waals surface area contributed by atoms with Gasteiger partial charge in [0.1, 0.15) is 0 Å². The van der Waals surface area contributed by atoms with Crippen LogP contribution in [0.2, 0.25) is 0 Å². The largest absolute Gasteiger partial charge is 0.208 e. The highest BCUT2D eigenvalue weighted by Crippen LogP contribution is 2.63. The van der Waals surface area contributed by atoms with Gasteiger partial charge < -0.3 is 0 Å². The van der Waals surface area contributed by atoms with Gasteiger partial charge in [0.25, 0.3) is 0 Å². The fourth-order valence-electron chi connectivity index (χ4n) is 8.25. The van der Waals surface area contributed by atoms with Crippen LogP contribution >= 0.6 is 0 Å². The average Bonchev–Trinajstić information content (AvgIpc) is 3.43. The van der Waals surface area contributed by atoms with Gasteiger partial charge in [-0.05, 0) is 39.4 Å². The Morgan fingerprint density at radius 2 is 0.900 bits per heavy atom. The van der Waals surface area contributed by atoms with Gasteiger partial charge in [0.15, 0.2) is 17.5 Å². The monoisotopic (exact) mass is 641 g/mol. The summed E-state index contributed by atoms with van der Waals surface area (Å²) in [7, 11) is 0. The summed E-state index contributed by atoms with van der Waals surface area (Å²) >= 11 is 0. The van der Waals surface area contributed by atoms with Crippen LogP contribution in [0.5, 0.6) is 0 Å². The summed E-state index contributed by atoms with van der Waals surface area (Å²) in [6, 6.07) is 60.3. The molecule has 0 spiro atoms. The molecule has 50 heavy (non-hydrogen) atoms. The lowest BCUT2D eigenvalue weighted by Crippen LogP contribution is -2.40. The number of hydrogen-bond acceptors (Lipinski definition) is 3. The van der Waals surface area contributed by atoms with Crippen molar-refractivity contribution in [2.75, 3.05) is 0 Å². The predicted octanol–water partition coefficient (Wildman–Crippen LogP) is 10.7. The second-order valence-electron chi connectivity index (χ2n) is 13.4. The van der Waals surface area contributed by atoms with Gasteiger partial charge in [-0.25, -0.2) is 15.0 Å². The Hall–Kier alpha value is -6.19. The van der Waals surface area contributed by atoms with E-state index in [4.69, 9.17) is 15.0 Å². The molecule has 3 heteroatoms. The van der Waals surface area contributed by atoms with E-state index in [0.29, 0.717) is 17.5 Å². The summed E-state index contributed by atoms with van der Waals surface area (Å²) in [5.74, 6) is 2.03. The van der Waals surface area contributed by atoms with E-state index in [1.807, 2.05) is 36.4 Å². The van der Waals surface area contributed by atoms with Crippen molar-refractivity contribution in [3.8, 4) is 33.9 Å². The van der Waals surface area contributed by atoms with Crippen LogP contribution in [0.25, 0.3) is 39.5 Å². The van der Waals surface area contributed by atoms with Gasteiger partial charge in [0.2, 0.25) is 0 Å². The first-order chi connectivity index (χ1) is 24.6. The van der Waals surface area contributed by atoms with E-state index in [0.717, 1.165) is 16.7 Å². The molecular formula is C47H35N3. The quantitative estimate of drug-likeness (QED) is 0.181. The van der Waals surface area contributed by atoms with E-state index in [1.165, 1.54) is 33.4 Å². The molecule has 2 atom stereocenters. The minimum Gasteiger partial charge on any atom is -0.208 e. The Morgan fingerprint density at radius 3 is 1.42 bits per heavy atom. The van der Waals surface area contributed by atoms with Gasteiger partial charge in [-0.1, -0.05) is 189 Å². The van der Waals surface area contributed by atoms with Crippen molar-refractivity contribution < 1.29 is 0 Å². The highest BCUT2D eigenvalue weighted by molar-refractivity contribution is 5.79. The van der Waals surface area contributed by atoms with Gasteiger partial charge in [0.05, 0.1) is 5.41 Å². The van der Waals surface area contributed by atoms with Crippen LogP contribution in [-0.4, -0.2) is 15.0 Å². The summed E-state index contributed by atoms with van der Waals surface area (Å²) in [5.41, 5.74) is 9.78. The van der Waals surface area contributed by atoms with Crippen LogP contribution in [-0.2, 0) is 10.8 Å². The van der Waals surface area contributed by atoms with E-state index in [2.05, 4.69) is 159 Å². The maximum absolute atomic E-state index is 5.14. The Labute approximate surface area is 293 Å². The lowest BCUT2D eigenvalue weighted by atomic mass is 9.59. The Balaban J connectivity index is 1.31. The maximum atomic E-state index is 5.14. The fraction of sp³-hybridized carbons (Fsp3) is 0.0851. The maximum Gasteiger partial charge on any atom is 0.164 e. The Morgan fingerprint density at radius 1 is 0.440 bits per heavy atom. The molecule has 0 radical (unpaired) electrons. The van der Waals surface area contributed by atoms with Gasteiger partial charge in [-0.15, -0.1) is 0 Å². The first kappa shape index (κ1) is 29.9. The SMILES string of the molecule is CC12C=CC(c3nc(-c4ccccc4)nc(-c4ccccc4)n3)=CC1C(c1ccccc1)(c1ccccc1)c1cc(-c3ccccc3)ccc12. The molecule has 1 aromatic heterocycles. The second-order valence-corrected chi connectivity index (χ2v) is 13.4. The van der Waals surface area contributed by atoms with Crippen LogP contribution in [0, 0.1) is 5.92 Å². The molecule has 2 aliphatic carbocycles. The predicted molar refractivity (Wildman–Crippen MR) is 203 cm³/mol. The molecule has 0 aliphatic heterocycles. The lowest BCUT2D eigenvalue weighted by Gasteiger charge is -2.42. The summed E-state index contributed by atoms with van der Waals surface area (Å²) in [6.07, 6.45) is 7.08. The molecular weight excluding hydrogens is 607 g/mol. The third kappa shape index (κ3) is 4.77. The van der Waals surface area contributed by atoms with Crippen molar-refractivity contribution in [1.82, 2.24) is 15.0 Å². The van der Waals surface area contributed by atoms with Gasteiger partial charge in [0, 0.05) is 28.0 Å². The number of nitrogens with zero attached hydrogens (tertiary/aromatic N) is 3. The smallest absolute Gasteiger partial charge is 0.164 e. The van der Waals surface area contributed by atoms with Gasteiger partial charge in [-0.2, -0.15) is 0 Å². The van der Waals surface area contributed by atoms with E-state index in [9.17, 15) is 0 Å². The molecule has 7 aromatic rings. The minimum atomic E-state index is -0.481. The summed E-state index contributed by atoms with van der Waals surface area (Å²) in [5, 5.41) is 0. The van der Waals surface area contributed by atoms with Crippen molar-refractivity contribution in [3.63, 3.8) is 0 Å². The molecule has 1 heterocycles. The highest BCUT2D eigenvalue weighted by atomic mass is 15.0. The Kier molecular flexibility index (Phi) is 7.21. The van der Waals surface area contributed by atoms with Crippen LogP contribution in [0.1, 0.15) is 35.0 Å². The molecule has 0 saturated carbocycles. The van der Waals surface area contributed by atoms with Crippen LogP contribution in [0.15, 0.2) is 188 Å². The number of aromatic nitrogens is 3. The van der Waals surface area contributed by atoms with Crippen molar-refractivity contribution in [3.05, 3.63) is 216 Å². The molecule has 2 unspecified atom stereocenters. The average molecular weight is 642 g/mol. The zero-order chi connectivity index (χ0) is 33.5. The van der Waals surface area contributed by atoms with Crippen LogP contribution in [0.3, 0.4) is 0 Å². The fourth-order valence-corrected chi connectivity index (χ4v) is 8.25. The van der Waals surface area contributed by atoms with E-state index in [-0.39, 0.29) is 11.3 Å². The molecule has 0 N–H and O–H groups in total. The van der Waals surface area contributed by atoms with E-state index >= 15 is 0 Å². The van der Waals surface area contributed by atoms with Crippen molar-refractivity contribution >= 4 is 5.57 Å². The molecule has 238 valence electrons. The standard InChI is InChI=1S/C47H35N3/c1-46-30-29-37(45-49-43(34-19-9-3-10-20-34)48-44(50-45)35-21-11-4-12-22-35)32-42(46)47(38-23-13-5-14-24-38,39-25-15-6-16-26-39)41-31-36(27-28-40(41)46)33-17-7-2-8-18-33/h2-32,42H,1H3. The zero-order valence-corrected chi connectivity index (χ0v) is 27.8. The highest BCUT2D eigenvalue weighted by Gasteiger charge is 2.58. The van der Waals surface area contributed by atoms with Crippen molar-refractivity contribution in [2.45, 2.75) is 17.8 Å². The first-order valence-electron chi connectivity index (χ1n) is 17.2. The first-order valence-corrected chi connectivity index (χ1v) is 17.2. The third-order valence-corrected chi connectivity index (χ3v) is 10.6. The van der Waals surface area contributed by atoms with Gasteiger partial charge >= 0.3 is 0 Å². The van der Waals surface area contributed by atoms with Crippen molar-refractivity contribution in [1.29, 1.82) is 0 Å². The molecule has 0 bridgehead atoms. The molecule has 6 aromatic carbocycles. The third-order valence-electron chi connectivity index (χ3n) is 10.6. The number of benzene rings is 6. The van der Waals surface area contributed by atoms with Gasteiger partial charge in [-0.3, -0.25) is 0 Å². The molecule has 2 aliphatic rings. The molecule has 3 nitrogen and oxygen atoms in total. The minimum absolute atomic E-state index is 0.0259. The number of rotatable bonds is 6. The van der Waals surface area contributed by atoms with E-state index in [1.54, 1.807) is 0 Å². The molecule has 0 amide bonds. The lowest BCUT2D eigenvalue weighted by molar-refractivity contribution is 0.368. The molecule has 0 fully saturated rings. The van der Waals surface area contributed by atoms with Crippen molar-refractivity contribution in [2.24, 2.45) is 5.92 Å². The topological polar surface area (TPSA) is 38.7 Å².